The van der Waals surface area contributed by atoms with Crippen LogP contribution in [0.5, 0.6) is 5.75 Å². The van der Waals surface area contributed by atoms with Crippen LogP contribution in [0.3, 0.4) is 0 Å². The standard InChI is InChI=1S/C20H13F9N2O5/c1-9-16(10-4-12(18(21,22)23)7-13(5-10)19(24,25)26)35-17(32)30(9)8-11-6-14(36-20(27,28)29)2-3-15(11)31(33)34/h2-7,9,16H,8H2,1H3. The van der Waals surface area contributed by atoms with Crippen molar-refractivity contribution in [3.8, 4) is 5.75 Å². The molecule has 16 heteroatoms. The summed E-state index contributed by atoms with van der Waals surface area (Å²) in [5, 5.41) is 11.3. The van der Waals surface area contributed by atoms with E-state index in [4.69, 9.17) is 4.74 Å². The molecule has 3 rings (SSSR count). The lowest BCUT2D eigenvalue weighted by atomic mass is 9.97. The van der Waals surface area contributed by atoms with E-state index < -0.39 is 82.1 Å². The Hall–Kier alpha value is -3.72. The third-order valence-electron chi connectivity index (χ3n) is 5.15. The van der Waals surface area contributed by atoms with Gasteiger partial charge in [-0.05, 0) is 42.8 Å². The van der Waals surface area contributed by atoms with Gasteiger partial charge >= 0.3 is 24.8 Å². The monoisotopic (exact) mass is 532 g/mol. The van der Waals surface area contributed by atoms with E-state index in [1.165, 1.54) is 6.92 Å². The van der Waals surface area contributed by atoms with Gasteiger partial charge < -0.3 is 9.47 Å². The molecule has 1 aliphatic rings. The van der Waals surface area contributed by atoms with Gasteiger partial charge in [0.1, 0.15) is 11.9 Å². The van der Waals surface area contributed by atoms with Crippen LogP contribution in [0.2, 0.25) is 0 Å². The van der Waals surface area contributed by atoms with Crippen molar-refractivity contribution in [1.82, 2.24) is 4.90 Å². The van der Waals surface area contributed by atoms with Crippen molar-refractivity contribution < 1.29 is 58.7 Å². The fourth-order valence-corrected chi connectivity index (χ4v) is 3.55. The van der Waals surface area contributed by atoms with Crippen LogP contribution in [0.4, 0.5) is 50.0 Å². The van der Waals surface area contributed by atoms with Crippen molar-refractivity contribution in [1.29, 1.82) is 0 Å². The third-order valence-corrected chi connectivity index (χ3v) is 5.15. The number of halogens is 9. The SMILES string of the molecule is CC1C(c2cc(C(F)(F)F)cc(C(F)(F)F)c2)OC(=O)N1Cc1cc(OC(F)(F)F)ccc1[N+](=O)[O-]. The molecular weight excluding hydrogens is 519 g/mol. The van der Waals surface area contributed by atoms with Crippen molar-refractivity contribution in [2.45, 2.75) is 44.3 Å². The summed E-state index contributed by atoms with van der Waals surface area (Å²) in [7, 11) is 0. The first-order valence-corrected chi connectivity index (χ1v) is 9.66. The molecule has 2 unspecified atom stereocenters. The molecule has 0 spiro atoms. The van der Waals surface area contributed by atoms with Gasteiger partial charge in [-0.2, -0.15) is 26.3 Å². The summed E-state index contributed by atoms with van der Waals surface area (Å²) < 4.78 is 125. The minimum Gasteiger partial charge on any atom is -0.439 e. The largest absolute Gasteiger partial charge is 0.573 e. The Morgan fingerprint density at radius 1 is 0.972 bits per heavy atom. The Kier molecular flexibility index (Phi) is 6.76. The molecule has 1 saturated heterocycles. The van der Waals surface area contributed by atoms with Gasteiger partial charge in [0.15, 0.2) is 0 Å². The average molecular weight is 532 g/mol. The van der Waals surface area contributed by atoms with Gasteiger partial charge in [0.05, 0.1) is 34.2 Å². The number of benzene rings is 2. The van der Waals surface area contributed by atoms with Crippen LogP contribution in [-0.4, -0.2) is 28.3 Å². The number of rotatable bonds is 5. The third kappa shape index (κ3) is 5.91. The molecule has 7 nitrogen and oxygen atoms in total. The van der Waals surface area contributed by atoms with E-state index in [0.717, 1.165) is 4.90 Å². The number of nitro groups is 1. The maximum atomic E-state index is 13.2. The highest BCUT2D eigenvalue weighted by Crippen LogP contribution is 2.41. The smallest absolute Gasteiger partial charge is 0.439 e. The molecule has 196 valence electrons. The molecule has 2 atom stereocenters. The van der Waals surface area contributed by atoms with Gasteiger partial charge in [0.25, 0.3) is 5.69 Å². The topological polar surface area (TPSA) is 81.9 Å². The van der Waals surface area contributed by atoms with Gasteiger partial charge in [0.2, 0.25) is 0 Å². The number of carbonyl (C=O) groups excluding carboxylic acids is 1. The summed E-state index contributed by atoms with van der Waals surface area (Å²) in [6.45, 7) is 0.429. The lowest BCUT2D eigenvalue weighted by Crippen LogP contribution is -2.31. The number of nitrogens with zero attached hydrogens (tertiary/aromatic N) is 2. The zero-order chi connectivity index (χ0) is 27.2. The molecule has 36 heavy (non-hydrogen) atoms. The summed E-state index contributed by atoms with van der Waals surface area (Å²) >= 11 is 0. The van der Waals surface area contributed by atoms with E-state index in [1.807, 2.05) is 0 Å². The molecule has 1 amide bonds. The predicted octanol–water partition coefficient (Wildman–Crippen LogP) is 6.61. The number of cyclic esters (lactones) is 1. The van der Waals surface area contributed by atoms with Crippen LogP contribution < -0.4 is 4.74 Å². The summed E-state index contributed by atoms with van der Waals surface area (Å²) in [4.78, 5) is 23.5. The van der Waals surface area contributed by atoms with Gasteiger partial charge in [-0.25, -0.2) is 4.79 Å². The normalized spacial score (nSPS) is 18.8. The van der Waals surface area contributed by atoms with Gasteiger partial charge in [-0.1, -0.05) is 0 Å². The van der Waals surface area contributed by atoms with Crippen LogP contribution in [0.25, 0.3) is 0 Å². The minimum atomic E-state index is -5.17. The lowest BCUT2D eigenvalue weighted by molar-refractivity contribution is -0.385. The molecule has 0 bridgehead atoms. The summed E-state index contributed by atoms with van der Waals surface area (Å²) in [5.74, 6) is -0.854. The molecular formula is C20H13F9N2O5. The summed E-state index contributed by atoms with van der Waals surface area (Å²) in [5.41, 5.74) is -5.12. The van der Waals surface area contributed by atoms with Crippen LogP contribution >= 0.6 is 0 Å². The van der Waals surface area contributed by atoms with Crippen LogP contribution in [0.15, 0.2) is 36.4 Å². The van der Waals surface area contributed by atoms with E-state index in [9.17, 15) is 54.4 Å². The molecule has 0 aliphatic carbocycles. The second-order valence-electron chi connectivity index (χ2n) is 7.61. The number of amides is 1. The van der Waals surface area contributed by atoms with Crippen molar-refractivity contribution in [3.05, 3.63) is 68.8 Å². The fourth-order valence-electron chi connectivity index (χ4n) is 3.55. The number of hydrogen-bond acceptors (Lipinski definition) is 5. The number of ether oxygens (including phenoxy) is 2. The average Bonchev–Trinajstić information content (AvgIpc) is 2.99. The van der Waals surface area contributed by atoms with Gasteiger partial charge in [-0.3, -0.25) is 15.0 Å². The van der Waals surface area contributed by atoms with Crippen molar-refractivity contribution in [2.75, 3.05) is 0 Å². The quantitative estimate of drug-likeness (QED) is 0.246. The zero-order valence-electron chi connectivity index (χ0n) is 17.7. The van der Waals surface area contributed by atoms with E-state index in [0.29, 0.717) is 30.3 Å². The van der Waals surface area contributed by atoms with Gasteiger partial charge in [-0.15, -0.1) is 13.2 Å². The Morgan fingerprint density at radius 2 is 1.53 bits per heavy atom. The second kappa shape index (κ2) is 9.05. The van der Waals surface area contributed by atoms with E-state index in [1.54, 1.807) is 0 Å². The Morgan fingerprint density at radius 3 is 2.00 bits per heavy atom. The molecule has 1 aliphatic heterocycles. The Balaban J connectivity index is 1.98. The highest BCUT2D eigenvalue weighted by atomic mass is 19.4. The first-order valence-electron chi connectivity index (χ1n) is 9.66. The minimum absolute atomic E-state index is 0.113. The van der Waals surface area contributed by atoms with E-state index in [2.05, 4.69) is 4.74 Å². The molecule has 2 aromatic rings. The van der Waals surface area contributed by atoms with Crippen molar-refractivity contribution >= 4 is 11.8 Å². The maximum absolute atomic E-state index is 13.2. The molecule has 0 N–H and O–H groups in total. The summed E-state index contributed by atoms with van der Waals surface area (Å²) in [6, 6.07) is 1.33. The first kappa shape index (κ1) is 26.9. The van der Waals surface area contributed by atoms with E-state index in [-0.39, 0.29) is 6.07 Å². The zero-order valence-corrected chi connectivity index (χ0v) is 17.7. The number of hydrogen-bond donors (Lipinski definition) is 0. The molecule has 2 aromatic carbocycles. The Labute approximate surface area is 195 Å². The maximum Gasteiger partial charge on any atom is 0.573 e. The fraction of sp³-hybridized carbons (Fsp3) is 0.350. The molecule has 1 fully saturated rings. The van der Waals surface area contributed by atoms with E-state index >= 15 is 0 Å². The molecule has 0 saturated carbocycles. The van der Waals surface area contributed by atoms with Crippen LogP contribution in [-0.2, 0) is 23.6 Å². The van der Waals surface area contributed by atoms with Gasteiger partial charge in [0, 0.05) is 6.07 Å². The molecule has 1 heterocycles. The number of nitro benzene ring substituents is 1. The lowest BCUT2D eigenvalue weighted by Gasteiger charge is -2.22. The first-order chi connectivity index (χ1) is 16.4. The number of alkyl halides is 9. The highest BCUT2D eigenvalue weighted by molar-refractivity contribution is 5.71. The predicted molar refractivity (Wildman–Crippen MR) is 100 cm³/mol. The highest BCUT2D eigenvalue weighted by Gasteiger charge is 2.44. The molecule has 0 aromatic heterocycles. The van der Waals surface area contributed by atoms with Crippen LogP contribution in [0, 0.1) is 10.1 Å². The number of carbonyl (C=O) groups is 1. The van der Waals surface area contributed by atoms with Crippen molar-refractivity contribution in [3.63, 3.8) is 0 Å². The second-order valence-corrected chi connectivity index (χ2v) is 7.61. The Bertz CT molecular complexity index is 1150. The molecule has 0 radical (unpaired) electrons. The summed E-state index contributed by atoms with van der Waals surface area (Å²) in [6.07, 6.45) is -18.4. The van der Waals surface area contributed by atoms with Crippen molar-refractivity contribution in [2.24, 2.45) is 0 Å². The van der Waals surface area contributed by atoms with Crippen LogP contribution in [0.1, 0.15) is 35.3 Å².